The lowest BCUT2D eigenvalue weighted by molar-refractivity contribution is -0.274. The van der Waals surface area contributed by atoms with Crippen LogP contribution in [0, 0.1) is 6.92 Å². The van der Waals surface area contributed by atoms with Gasteiger partial charge in [-0.3, -0.25) is 0 Å². The van der Waals surface area contributed by atoms with E-state index in [4.69, 9.17) is 23.2 Å². The van der Waals surface area contributed by atoms with E-state index in [2.05, 4.69) is 4.74 Å². The van der Waals surface area contributed by atoms with E-state index in [1.54, 1.807) is 6.92 Å². The fraction of sp³-hybridized carbons (Fsp3) is 0.250. The number of hydrogen-bond donors (Lipinski definition) is 0. The molecule has 78 valence electrons. The first-order valence-electron chi connectivity index (χ1n) is 3.51. The number of halogens is 5. The van der Waals surface area contributed by atoms with E-state index in [0.29, 0.717) is 5.56 Å². The first-order valence-corrected chi connectivity index (χ1v) is 4.27. The quantitative estimate of drug-likeness (QED) is 0.720. The van der Waals surface area contributed by atoms with Crippen LogP contribution in [0.2, 0.25) is 10.0 Å². The first-order chi connectivity index (χ1) is 6.31. The van der Waals surface area contributed by atoms with Crippen molar-refractivity contribution in [3.63, 3.8) is 0 Å². The van der Waals surface area contributed by atoms with Gasteiger partial charge in [0.1, 0.15) is 0 Å². The molecule has 14 heavy (non-hydrogen) atoms. The Bertz CT molecular complexity index is 349. The Kier molecular flexibility index (Phi) is 3.17. The molecule has 1 aromatic carbocycles. The molecule has 0 N–H and O–H groups in total. The minimum absolute atomic E-state index is 0.130. The van der Waals surface area contributed by atoms with Crippen molar-refractivity contribution in [3.8, 4) is 5.75 Å². The second kappa shape index (κ2) is 3.87. The molecule has 1 rings (SSSR count). The highest BCUT2D eigenvalue weighted by molar-refractivity contribution is 6.37. The van der Waals surface area contributed by atoms with Crippen LogP contribution < -0.4 is 4.74 Å². The Morgan fingerprint density at radius 3 is 2.29 bits per heavy atom. The van der Waals surface area contributed by atoms with Crippen molar-refractivity contribution in [1.82, 2.24) is 0 Å². The lowest BCUT2D eigenvalue weighted by Crippen LogP contribution is -2.17. The van der Waals surface area contributed by atoms with Crippen LogP contribution >= 0.6 is 23.2 Å². The second-order valence-electron chi connectivity index (χ2n) is 2.56. The first kappa shape index (κ1) is 11.5. The molecule has 0 spiro atoms. The third-order valence-corrected chi connectivity index (χ3v) is 2.23. The van der Waals surface area contributed by atoms with Gasteiger partial charge in [-0.2, -0.15) is 0 Å². The summed E-state index contributed by atoms with van der Waals surface area (Å²) in [6.07, 6.45) is -4.79. The number of rotatable bonds is 1. The van der Waals surface area contributed by atoms with Gasteiger partial charge in [0.25, 0.3) is 0 Å². The van der Waals surface area contributed by atoms with Gasteiger partial charge in [-0.1, -0.05) is 29.3 Å². The zero-order valence-electron chi connectivity index (χ0n) is 6.95. The normalized spacial score (nSPS) is 11.6. The van der Waals surface area contributed by atoms with Gasteiger partial charge in [-0.25, -0.2) is 0 Å². The predicted molar refractivity (Wildman–Crippen MR) is 47.9 cm³/mol. The molecule has 0 aliphatic rings. The van der Waals surface area contributed by atoms with Gasteiger partial charge in [0.05, 0.1) is 10.0 Å². The van der Waals surface area contributed by atoms with Gasteiger partial charge in [0, 0.05) is 0 Å². The van der Waals surface area contributed by atoms with E-state index in [1.807, 2.05) is 0 Å². The number of benzene rings is 1. The van der Waals surface area contributed by atoms with Gasteiger partial charge in [0.15, 0.2) is 5.75 Å². The second-order valence-corrected chi connectivity index (χ2v) is 3.34. The van der Waals surface area contributed by atoms with Gasteiger partial charge in [0.2, 0.25) is 0 Å². The van der Waals surface area contributed by atoms with Crippen molar-refractivity contribution in [1.29, 1.82) is 0 Å². The van der Waals surface area contributed by atoms with Crippen molar-refractivity contribution in [3.05, 3.63) is 27.7 Å². The molecule has 6 heteroatoms. The van der Waals surface area contributed by atoms with Crippen molar-refractivity contribution >= 4 is 23.2 Å². The summed E-state index contributed by atoms with van der Waals surface area (Å²) in [7, 11) is 0. The summed E-state index contributed by atoms with van der Waals surface area (Å²) in [5.74, 6) is -0.555. The molecule has 0 radical (unpaired) electrons. The number of hydrogen-bond acceptors (Lipinski definition) is 1. The molecule has 0 atom stereocenters. The Morgan fingerprint density at radius 1 is 1.21 bits per heavy atom. The molecule has 0 heterocycles. The summed E-state index contributed by atoms with van der Waals surface area (Å²) >= 11 is 11.1. The average molecular weight is 245 g/mol. The van der Waals surface area contributed by atoms with Crippen LogP contribution in [0.5, 0.6) is 5.75 Å². The van der Waals surface area contributed by atoms with Gasteiger partial charge < -0.3 is 4.74 Å². The highest BCUT2D eigenvalue weighted by atomic mass is 35.5. The molecular weight excluding hydrogens is 240 g/mol. The largest absolute Gasteiger partial charge is 0.573 e. The molecule has 0 aliphatic heterocycles. The van der Waals surface area contributed by atoms with Crippen LogP contribution in [0.3, 0.4) is 0 Å². The summed E-state index contributed by atoms with van der Waals surface area (Å²) in [5.41, 5.74) is 0.468. The van der Waals surface area contributed by atoms with Crippen LogP contribution in [0.25, 0.3) is 0 Å². The molecule has 0 aliphatic carbocycles. The van der Waals surface area contributed by atoms with Crippen molar-refractivity contribution in [2.24, 2.45) is 0 Å². The summed E-state index contributed by atoms with van der Waals surface area (Å²) in [5, 5.41) is -0.298. The van der Waals surface area contributed by atoms with E-state index >= 15 is 0 Å². The van der Waals surface area contributed by atoms with Crippen LogP contribution in [-0.4, -0.2) is 6.36 Å². The van der Waals surface area contributed by atoms with E-state index < -0.39 is 12.1 Å². The van der Waals surface area contributed by atoms with Crippen LogP contribution in [0.4, 0.5) is 13.2 Å². The van der Waals surface area contributed by atoms with E-state index in [0.717, 1.165) is 0 Å². The molecule has 0 saturated heterocycles. The maximum absolute atomic E-state index is 11.9. The summed E-state index contributed by atoms with van der Waals surface area (Å²) < 4.78 is 39.4. The van der Waals surface area contributed by atoms with E-state index in [-0.39, 0.29) is 10.0 Å². The van der Waals surface area contributed by atoms with Gasteiger partial charge >= 0.3 is 6.36 Å². The average Bonchev–Trinajstić information content (AvgIpc) is 2.04. The predicted octanol–water partition coefficient (Wildman–Crippen LogP) is 4.20. The fourth-order valence-corrected chi connectivity index (χ4v) is 1.29. The smallest absolute Gasteiger partial charge is 0.403 e. The van der Waals surface area contributed by atoms with Crippen LogP contribution in [0.1, 0.15) is 5.56 Å². The molecule has 0 amide bonds. The maximum Gasteiger partial charge on any atom is 0.573 e. The maximum atomic E-state index is 11.9. The third kappa shape index (κ3) is 2.69. The molecule has 1 aromatic rings. The van der Waals surface area contributed by atoms with Crippen LogP contribution in [0.15, 0.2) is 12.1 Å². The van der Waals surface area contributed by atoms with Gasteiger partial charge in [-0.15, -0.1) is 13.2 Å². The zero-order valence-corrected chi connectivity index (χ0v) is 8.46. The molecule has 0 bridgehead atoms. The zero-order chi connectivity index (χ0) is 10.9. The Hall–Kier alpha value is -0.610. The molecule has 0 unspecified atom stereocenters. The van der Waals surface area contributed by atoms with E-state index in [9.17, 15) is 13.2 Å². The molecule has 0 fully saturated rings. The fourth-order valence-electron chi connectivity index (χ4n) is 0.840. The minimum atomic E-state index is -4.79. The SMILES string of the molecule is Cc1ccc(Cl)c(OC(F)(F)F)c1Cl. The molecule has 1 nitrogen and oxygen atoms in total. The number of aryl methyl sites for hydroxylation is 1. The lowest BCUT2D eigenvalue weighted by Gasteiger charge is -2.12. The Labute approximate surface area is 88.4 Å². The number of ether oxygens (including phenoxy) is 1. The van der Waals surface area contributed by atoms with Gasteiger partial charge in [-0.05, 0) is 18.6 Å². The van der Waals surface area contributed by atoms with E-state index in [1.165, 1.54) is 12.1 Å². The van der Waals surface area contributed by atoms with Crippen molar-refractivity contribution < 1.29 is 17.9 Å². The summed E-state index contributed by atoms with van der Waals surface area (Å²) in [6.45, 7) is 1.56. The monoisotopic (exact) mass is 244 g/mol. The lowest BCUT2D eigenvalue weighted by atomic mass is 10.2. The third-order valence-electron chi connectivity index (χ3n) is 1.46. The highest BCUT2D eigenvalue weighted by Crippen LogP contribution is 2.38. The number of alkyl halides is 3. The van der Waals surface area contributed by atoms with Crippen molar-refractivity contribution in [2.45, 2.75) is 13.3 Å². The van der Waals surface area contributed by atoms with Crippen LogP contribution in [-0.2, 0) is 0 Å². The topological polar surface area (TPSA) is 9.23 Å². The molecular formula is C8H5Cl2F3O. The Balaban J connectivity index is 3.13. The molecule has 0 saturated carbocycles. The Morgan fingerprint density at radius 2 is 1.79 bits per heavy atom. The standard InChI is InChI=1S/C8H5Cl2F3O/c1-4-2-3-5(9)7(6(4)10)14-8(11,12)13/h2-3H,1H3. The van der Waals surface area contributed by atoms with Crippen molar-refractivity contribution in [2.75, 3.05) is 0 Å². The molecule has 0 aromatic heterocycles. The minimum Gasteiger partial charge on any atom is -0.403 e. The summed E-state index contributed by atoms with van der Waals surface area (Å²) in [4.78, 5) is 0. The summed E-state index contributed by atoms with van der Waals surface area (Å²) in [6, 6.07) is 2.80. The highest BCUT2D eigenvalue weighted by Gasteiger charge is 2.33.